The Morgan fingerprint density at radius 2 is 1.96 bits per heavy atom. The Morgan fingerprint density at radius 1 is 1.11 bits per heavy atom. The van der Waals surface area contributed by atoms with Gasteiger partial charge in [0.05, 0.1) is 23.3 Å². The van der Waals surface area contributed by atoms with Crippen molar-refractivity contribution in [2.24, 2.45) is 0 Å². The van der Waals surface area contributed by atoms with Crippen molar-refractivity contribution >= 4 is 44.4 Å². The highest BCUT2D eigenvalue weighted by molar-refractivity contribution is 8.00. The second-order valence-corrected chi connectivity index (χ2v) is 7.80. The van der Waals surface area contributed by atoms with Gasteiger partial charge in [-0.25, -0.2) is 9.37 Å². The maximum atomic E-state index is 14.0. The van der Waals surface area contributed by atoms with E-state index in [1.54, 1.807) is 35.4 Å². The maximum Gasteiger partial charge on any atom is 0.239 e. The molecule has 4 rings (SSSR count). The number of aromatic nitrogens is 1. The van der Waals surface area contributed by atoms with Gasteiger partial charge in [0.15, 0.2) is 5.13 Å². The van der Waals surface area contributed by atoms with Gasteiger partial charge in [0.2, 0.25) is 5.91 Å². The van der Waals surface area contributed by atoms with Crippen molar-refractivity contribution in [2.75, 3.05) is 10.7 Å². The van der Waals surface area contributed by atoms with Crippen LogP contribution in [0.15, 0.2) is 76.2 Å². The third kappa shape index (κ3) is 4.04. The normalized spacial score (nSPS) is 11.0. The highest BCUT2D eigenvalue weighted by atomic mass is 32.2. The molecule has 0 radical (unpaired) electrons. The lowest BCUT2D eigenvalue weighted by atomic mass is 10.3. The fraction of sp³-hybridized carbons (Fsp3) is 0.100. The van der Waals surface area contributed by atoms with E-state index in [9.17, 15) is 9.18 Å². The predicted octanol–water partition coefficient (Wildman–Crippen LogP) is 5.35. The Hall–Kier alpha value is -2.64. The zero-order valence-electron chi connectivity index (χ0n) is 14.2. The van der Waals surface area contributed by atoms with Gasteiger partial charge in [-0.05, 0) is 36.4 Å². The van der Waals surface area contributed by atoms with Gasteiger partial charge in [-0.2, -0.15) is 0 Å². The summed E-state index contributed by atoms with van der Waals surface area (Å²) in [6.45, 7) is 0.253. The van der Waals surface area contributed by atoms with Crippen LogP contribution in [0.2, 0.25) is 0 Å². The Labute approximate surface area is 163 Å². The van der Waals surface area contributed by atoms with Crippen molar-refractivity contribution in [2.45, 2.75) is 11.4 Å². The van der Waals surface area contributed by atoms with Crippen molar-refractivity contribution in [3.63, 3.8) is 0 Å². The van der Waals surface area contributed by atoms with E-state index in [0.717, 1.165) is 4.90 Å². The minimum atomic E-state index is -0.390. The average Bonchev–Trinajstić information content (AvgIpc) is 3.35. The van der Waals surface area contributed by atoms with E-state index in [2.05, 4.69) is 4.98 Å². The summed E-state index contributed by atoms with van der Waals surface area (Å²) < 4.78 is 20.1. The van der Waals surface area contributed by atoms with Gasteiger partial charge in [-0.1, -0.05) is 35.6 Å². The molecule has 0 bridgehead atoms. The number of hydrogen-bond acceptors (Lipinski definition) is 5. The van der Waals surface area contributed by atoms with Gasteiger partial charge in [-0.3, -0.25) is 9.69 Å². The molecule has 0 unspecified atom stereocenters. The van der Waals surface area contributed by atoms with E-state index in [1.165, 1.54) is 29.2 Å². The number of anilines is 1. The number of carbonyl (C=O) groups excluding carboxylic acids is 1. The van der Waals surface area contributed by atoms with Crippen LogP contribution < -0.4 is 4.90 Å². The molecule has 2 heterocycles. The van der Waals surface area contributed by atoms with Crippen LogP contribution >= 0.6 is 23.1 Å². The number of carbonyl (C=O) groups is 1. The van der Waals surface area contributed by atoms with Crippen LogP contribution in [0.4, 0.5) is 9.52 Å². The van der Waals surface area contributed by atoms with E-state index in [1.807, 2.05) is 30.3 Å². The zero-order chi connectivity index (χ0) is 18.6. The summed E-state index contributed by atoms with van der Waals surface area (Å²) >= 11 is 2.75. The van der Waals surface area contributed by atoms with E-state index in [-0.39, 0.29) is 29.5 Å². The molecular weight excluding hydrogens is 383 g/mol. The van der Waals surface area contributed by atoms with Crippen molar-refractivity contribution in [3.8, 4) is 0 Å². The summed E-state index contributed by atoms with van der Waals surface area (Å²) in [5.74, 6) is 0.398. The number of benzene rings is 2. The summed E-state index contributed by atoms with van der Waals surface area (Å²) in [5, 5.41) is 0.463. The fourth-order valence-electron chi connectivity index (χ4n) is 2.58. The topological polar surface area (TPSA) is 46.3 Å². The van der Waals surface area contributed by atoms with Crippen LogP contribution in [0, 0.1) is 5.82 Å². The Kier molecular flexibility index (Phi) is 5.22. The van der Waals surface area contributed by atoms with Crippen molar-refractivity contribution in [1.29, 1.82) is 0 Å². The molecule has 1 amide bonds. The van der Waals surface area contributed by atoms with Crippen LogP contribution in [-0.4, -0.2) is 16.6 Å². The van der Waals surface area contributed by atoms with Gasteiger partial charge < -0.3 is 4.42 Å². The van der Waals surface area contributed by atoms with Crippen molar-refractivity contribution < 1.29 is 13.6 Å². The van der Waals surface area contributed by atoms with E-state index in [4.69, 9.17) is 4.42 Å². The molecule has 0 saturated carbocycles. The van der Waals surface area contributed by atoms with Gasteiger partial charge in [0, 0.05) is 4.90 Å². The Balaban J connectivity index is 1.61. The summed E-state index contributed by atoms with van der Waals surface area (Å²) in [6.07, 6.45) is 1.56. The Morgan fingerprint density at radius 3 is 2.70 bits per heavy atom. The molecule has 0 aliphatic rings. The number of furan rings is 1. The first-order chi connectivity index (χ1) is 13.2. The second kappa shape index (κ2) is 7.94. The predicted molar refractivity (Wildman–Crippen MR) is 107 cm³/mol. The Bertz CT molecular complexity index is 1050. The lowest BCUT2D eigenvalue weighted by Crippen LogP contribution is -2.31. The van der Waals surface area contributed by atoms with Crippen LogP contribution in [0.25, 0.3) is 10.2 Å². The number of halogens is 1. The number of nitrogens with zero attached hydrogens (tertiary/aromatic N) is 2. The van der Waals surface area contributed by atoms with Gasteiger partial charge in [0.25, 0.3) is 0 Å². The van der Waals surface area contributed by atoms with Crippen LogP contribution in [-0.2, 0) is 11.3 Å². The highest BCUT2D eigenvalue weighted by Gasteiger charge is 2.22. The van der Waals surface area contributed by atoms with Gasteiger partial charge in [-0.15, -0.1) is 11.8 Å². The average molecular weight is 398 g/mol. The van der Waals surface area contributed by atoms with E-state index < -0.39 is 0 Å². The summed E-state index contributed by atoms with van der Waals surface area (Å²) in [4.78, 5) is 19.9. The lowest BCUT2D eigenvalue weighted by Gasteiger charge is -2.18. The minimum absolute atomic E-state index is 0.111. The molecule has 0 saturated heterocycles. The molecule has 27 heavy (non-hydrogen) atoms. The molecule has 4 nitrogen and oxygen atoms in total. The number of thiazole rings is 1. The quantitative estimate of drug-likeness (QED) is 0.411. The third-order valence-electron chi connectivity index (χ3n) is 3.89. The molecule has 0 fully saturated rings. The van der Waals surface area contributed by atoms with Crippen LogP contribution in [0.3, 0.4) is 0 Å². The molecule has 2 aromatic carbocycles. The summed E-state index contributed by atoms with van der Waals surface area (Å²) in [6, 6.07) is 18.1. The first kappa shape index (κ1) is 17.8. The molecular formula is C20H15FN2O2S2. The molecule has 0 N–H and O–H groups in total. The number of thioether (sulfide) groups is 1. The summed E-state index contributed by atoms with van der Waals surface area (Å²) in [7, 11) is 0. The molecule has 0 aliphatic heterocycles. The van der Waals surface area contributed by atoms with Gasteiger partial charge >= 0.3 is 0 Å². The highest BCUT2D eigenvalue weighted by Crippen LogP contribution is 2.32. The van der Waals surface area contributed by atoms with E-state index >= 15 is 0 Å². The SMILES string of the molecule is O=C(CSc1ccccc1)N(Cc1ccco1)c1nc2c(F)cccc2s1. The number of rotatable bonds is 6. The number of hydrogen-bond donors (Lipinski definition) is 0. The molecule has 4 aromatic rings. The number of fused-ring (bicyclic) bond motifs is 1. The third-order valence-corrected chi connectivity index (χ3v) is 5.93. The monoisotopic (exact) mass is 398 g/mol. The maximum absolute atomic E-state index is 14.0. The first-order valence-electron chi connectivity index (χ1n) is 8.26. The smallest absolute Gasteiger partial charge is 0.239 e. The van der Waals surface area contributed by atoms with Crippen molar-refractivity contribution in [1.82, 2.24) is 4.98 Å². The first-order valence-corrected chi connectivity index (χ1v) is 10.1. The van der Waals surface area contributed by atoms with E-state index in [0.29, 0.717) is 15.6 Å². The molecule has 0 spiro atoms. The fourth-order valence-corrected chi connectivity index (χ4v) is 4.37. The largest absolute Gasteiger partial charge is 0.467 e. The second-order valence-electron chi connectivity index (χ2n) is 5.74. The molecule has 7 heteroatoms. The number of amides is 1. The number of para-hydroxylation sites is 1. The molecule has 0 atom stereocenters. The molecule has 136 valence electrons. The standard InChI is InChI=1S/C20H15FN2O2S2/c21-16-9-4-10-17-19(16)22-20(27-17)23(12-14-6-5-11-25-14)18(24)13-26-15-7-2-1-3-8-15/h1-11H,12-13H2. The van der Waals surface area contributed by atoms with Gasteiger partial charge in [0.1, 0.15) is 17.1 Å². The zero-order valence-corrected chi connectivity index (χ0v) is 15.8. The summed E-state index contributed by atoms with van der Waals surface area (Å²) in [5.41, 5.74) is 0.283. The minimum Gasteiger partial charge on any atom is -0.467 e. The van der Waals surface area contributed by atoms with Crippen molar-refractivity contribution in [3.05, 3.63) is 78.5 Å². The van der Waals surface area contributed by atoms with Crippen LogP contribution in [0.1, 0.15) is 5.76 Å². The lowest BCUT2D eigenvalue weighted by molar-refractivity contribution is -0.116. The van der Waals surface area contributed by atoms with Crippen LogP contribution in [0.5, 0.6) is 0 Å². The molecule has 0 aliphatic carbocycles. The molecule has 2 aromatic heterocycles.